The van der Waals surface area contributed by atoms with Crippen molar-refractivity contribution in [2.24, 2.45) is 11.8 Å². The van der Waals surface area contributed by atoms with Crippen LogP contribution in [0.5, 0.6) is 17.2 Å². The van der Waals surface area contributed by atoms with Crippen molar-refractivity contribution in [3.63, 3.8) is 0 Å². The SMILES string of the molecule is COc1ccc(CN2C[C@@H](COc3cccnc3)C[C@@H](C(=O)NCCCN(C)C)C2)cc1OC. The van der Waals surface area contributed by atoms with Gasteiger partial charge in [-0.15, -0.1) is 0 Å². The molecule has 0 bridgehead atoms. The minimum Gasteiger partial charge on any atom is -0.493 e. The molecule has 1 aliphatic heterocycles. The lowest BCUT2D eigenvalue weighted by Gasteiger charge is -2.37. The smallest absolute Gasteiger partial charge is 0.224 e. The number of nitrogens with zero attached hydrogens (tertiary/aromatic N) is 3. The number of hydrogen-bond donors (Lipinski definition) is 1. The number of likely N-dealkylation sites (tertiary alicyclic amines) is 1. The monoisotopic (exact) mass is 470 g/mol. The van der Waals surface area contributed by atoms with E-state index in [-0.39, 0.29) is 17.7 Å². The minimum absolute atomic E-state index is 0.0734. The van der Waals surface area contributed by atoms with Gasteiger partial charge in [-0.05, 0) is 63.3 Å². The average Bonchev–Trinajstić information content (AvgIpc) is 2.85. The van der Waals surface area contributed by atoms with Gasteiger partial charge in [0.1, 0.15) is 5.75 Å². The molecule has 0 unspecified atom stereocenters. The van der Waals surface area contributed by atoms with Crippen molar-refractivity contribution in [2.75, 3.05) is 61.1 Å². The third kappa shape index (κ3) is 7.88. The van der Waals surface area contributed by atoms with Gasteiger partial charge in [0.15, 0.2) is 11.5 Å². The second kappa shape index (κ2) is 13.2. The molecule has 186 valence electrons. The maximum atomic E-state index is 13.0. The summed E-state index contributed by atoms with van der Waals surface area (Å²) in [5, 5.41) is 3.14. The molecule has 8 heteroatoms. The lowest BCUT2D eigenvalue weighted by molar-refractivity contribution is -0.127. The van der Waals surface area contributed by atoms with Gasteiger partial charge in [0.05, 0.1) is 32.9 Å². The molecule has 1 N–H and O–H groups in total. The lowest BCUT2D eigenvalue weighted by Crippen LogP contribution is -2.47. The van der Waals surface area contributed by atoms with E-state index in [4.69, 9.17) is 14.2 Å². The number of amides is 1. The molecule has 0 aliphatic carbocycles. The Bertz CT molecular complexity index is 894. The molecule has 1 aromatic carbocycles. The van der Waals surface area contributed by atoms with Crippen LogP contribution in [0.1, 0.15) is 18.4 Å². The van der Waals surface area contributed by atoms with Crippen LogP contribution in [0, 0.1) is 11.8 Å². The Morgan fingerprint density at radius 1 is 1.18 bits per heavy atom. The maximum absolute atomic E-state index is 13.0. The molecule has 1 aliphatic rings. The molecule has 1 saturated heterocycles. The van der Waals surface area contributed by atoms with Gasteiger partial charge in [-0.1, -0.05) is 6.07 Å². The molecule has 2 atom stereocenters. The molecule has 3 rings (SSSR count). The van der Waals surface area contributed by atoms with Crippen molar-refractivity contribution < 1.29 is 19.0 Å². The van der Waals surface area contributed by atoms with E-state index in [0.717, 1.165) is 50.3 Å². The van der Waals surface area contributed by atoms with Crippen LogP contribution < -0.4 is 19.5 Å². The Labute approximate surface area is 203 Å². The van der Waals surface area contributed by atoms with E-state index < -0.39 is 0 Å². The summed E-state index contributed by atoms with van der Waals surface area (Å²) in [5.74, 6) is 2.47. The van der Waals surface area contributed by atoms with E-state index in [1.54, 1.807) is 26.6 Å². The zero-order valence-electron chi connectivity index (χ0n) is 20.8. The standard InChI is InChI=1S/C26H38N4O4/c1-29(2)12-6-11-28-26(31)22-13-21(19-34-23-7-5-10-27-15-23)17-30(18-22)16-20-8-9-24(32-3)25(14-20)33-4/h5,7-10,14-15,21-22H,6,11-13,16-19H2,1-4H3,(H,28,31)/t21-,22+/m0/s1. The number of benzene rings is 1. The highest BCUT2D eigenvalue weighted by Crippen LogP contribution is 2.30. The molecule has 1 aromatic heterocycles. The summed E-state index contributed by atoms with van der Waals surface area (Å²) < 4.78 is 16.8. The number of aromatic nitrogens is 1. The van der Waals surface area contributed by atoms with Gasteiger partial charge in [0.25, 0.3) is 0 Å². The molecular weight excluding hydrogens is 432 g/mol. The van der Waals surface area contributed by atoms with E-state index in [1.807, 2.05) is 44.4 Å². The molecule has 2 heterocycles. The molecule has 8 nitrogen and oxygen atoms in total. The average molecular weight is 471 g/mol. The molecule has 0 saturated carbocycles. The first kappa shape index (κ1) is 25.8. The number of piperidine rings is 1. The molecule has 1 fully saturated rings. The number of carbonyl (C=O) groups excluding carboxylic acids is 1. The van der Waals surface area contributed by atoms with Gasteiger partial charge in [-0.25, -0.2) is 0 Å². The fourth-order valence-electron chi connectivity index (χ4n) is 4.38. The van der Waals surface area contributed by atoms with Crippen LogP contribution in [0.4, 0.5) is 0 Å². The third-order valence-electron chi connectivity index (χ3n) is 6.04. The molecule has 34 heavy (non-hydrogen) atoms. The number of methoxy groups -OCH3 is 2. The lowest BCUT2D eigenvalue weighted by atomic mass is 9.88. The fraction of sp³-hybridized carbons (Fsp3) is 0.538. The highest BCUT2D eigenvalue weighted by Gasteiger charge is 2.32. The highest BCUT2D eigenvalue weighted by atomic mass is 16.5. The predicted octanol–water partition coefficient (Wildman–Crippen LogP) is 2.68. The number of pyridine rings is 1. The van der Waals surface area contributed by atoms with Crippen LogP contribution in [0.2, 0.25) is 0 Å². The Kier molecular flexibility index (Phi) is 9.97. The fourth-order valence-corrected chi connectivity index (χ4v) is 4.38. The van der Waals surface area contributed by atoms with E-state index in [0.29, 0.717) is 24.7 Å². The van der Waals surface area contributed by atoms with Crippen molar-refractivity contribution in [2.45, 2.75) is 19.4 Å². The van der Waals surface area contributed by atoms with Crippen LogP contribution in [0.25, 0.3) is 0 Å². The summed E-state index contributed by atoms with van der Waals surface area (Å²) in [7, 11) is 7.37. The van der Waals surface area contributed by atoms with Crippen molar-refractivity contribution in [1.82, 2.24) is 20.1 Å². The molecule has 2 aromatic rings. The van der Waals surface area contributed by atoms with Crippen molar-refractivity contribution in [3.8, 4) is 17.2 Å². The Balaban J connectivity index is 1.65. The topological polar surface area (TPSA) is 76.2 Å². The van der Waals surface area contributed by atoms with Crippen LogP contribution >= 0.6 is 0 Å². The van der Waals surface area contributed by atoms with E-state index in [1.165, 1.54) is 0 Å². The summed E-state index contributed by atoms with van der Waals surface area (Å²) in [6, 6.07) is 9.75. The van der Waals surface area contributed by atoms with Gasteiger partial charge < -0.3 is 24.4 Å². The van der Waals surface area contributed by atoms with Gasteiger partial charge >= 0.3 is 0 Å². The Morgan fingerprint density at radius 3 is 2.71 bits per heavy atom. The van der Waals surface area contributed by atoms with Crippen LogP contribution in [-0.2, 0) is 11.3 Å². The van der Waals surface area contributed by atoms with Gasteiger partial charge in [0, 0.05) is 38.3 Å². The quantitative estimate of drug-likeness (QED) is 0.478. The Morgan fingerprint density at radius 2 is 2.00 bits per heavy atom. The van der Waals surface area contributed by atoms with Crippen LogP contribution in [0.15, 0.2) is 42.7 Å². The van der Waals surface area contributed by atoms with Gasteiger partial charge in [-0.3, -0.25) is 14.7 Å². The first-order valence-corrected chi connectivity index (χ1v) is 11.9. The van der Waals surface area contributed by atoms with Gasteiger partial charge in [0.2, 0.25) is 5.91 Å². The molecule has 0 spiro atoms. The number of nitrogens with one attached hydrogen (secondary N) is 1. The van der Waals surface area contributed by atoms with Crippen LogP contribution in [-0.4, -0.2) is 81.8 Å². The molecule has 1 amide bonds. The van der Waals surface area contributed by atoms with Crippen molar-refractivity contribution in [1.29, 1.82) is 0 Å². The maximum Gasteiger partial charge on any atom is 0.224 e. The summed E-state index contributed by atoms with van der Waals surface area (Å²) in [6.45, 7) is 4.51. The largest absolute Gasteiger partial charge is 0.493 e. The number of hydrogen-bond acceptors (Lipinski definition) is 7. The summed E-state index contributed by atoms with van der Waals surface area (Å²) >= 11 is 0. The first-order chi connectivity index (χ1) is 16.5. The van der Waals surface area contributed by atoms with Gasteiger partial charge in [-0.2, -0.15) is 0 Å². The second-order valence-electron chi connectivity index (χ2n) is 9.13. The highest BCUT2D eigenvalue weighted by molar-refractivity contribution is 5.79. The van der Waals surface area contributed by atoms with E-state index in [9.17, 15) is 4.79 Å². The van der Waals surface area contributed by atoms with Crippen LogP contribution in [0.3, 0.4) is 0 Å². The zero-order valence-corrected chi connectivity index (χ0v) is 20.8. The third-order valence-corrected chi connectivity index (χ3v) is 6.04. The summed E-state index contributed by atoms with van der Waals surface area (Å²) in [4.78, 5) is 21.6. The molecular formula is C26H38N4O4. The summed E-state index contributed by atoms with van der Waals surface area (Å²) in [6.07, 6.45) is 5.20. The first-order valence-electron chi connectivity index (χ1n) is 11.9. The minimum atomic E-state index is -0.0734. The zero-order chi connectivity index (χ0) is 24.3. The number of ether oxygens (including phenoxy) is 3. The Hall–Kier alpha value is -2.84. The van der Waals surface area contributed by atoms with Crippen molar-refractivity contribution in [3.05, 3.63) is 48.3 Å². The second-order valence-corrected chi connectivity index (χ2v) is 9.13. The number of carbonyl (C=O) groups is 1. The van der Waals surface area contributed by atoms with Crippen molar-refractivity contribution >= 4 is 5.91 Å². The predicted molar refractivity (Wildman–Crippen MR) is 132 cm³/mol. The number of rotatable bonds is 12. The van der Waals surface area contributed by atoms with E-state index >= 15 is 0 Å². The molecule has 0 radical (unpaired) electrons. The summed E-state index contributed by atoms with van der Waals surface area (Å²) in [5.41, 5.74) is 1.12. The normalized spacial score (nSPS) is 18.5. The van der Waals surface area contributed by atoms with E-state index in [2.05, 4.69) is 20.1 Å².